The first kappa shape index (κ1) is 20.3. The topological polar surface area (TPSA) is 69.0 Å². The SMILES string of the molecule is N#C/C(=C/c1ccc(Cl)cc1)C(=O)Nc1nc2c(s1)CCN(Cc1ccccc1)C2. The third-order valence-electron chi connectivity index (χ3n) is 4.82. The number of hydrogen-bond acceptors (Lipinski definition) is 5. The van der Waals surface area contributed by atoms with Crippen LogP contribution in [0.25, 0.3) is 6.08 Å². The molecule has 1 aliphatic rings. The van der Waals surface area contributed by atoms with Gasteiger partial charge >= 0.3 is 0 Å². The number of carbonyl (C=O) groups excluding carboxylic acids is 1. The number of benzene rings is 2. The highest BCUT2D eigenvalue weighted by atomic mass is 35.5. The number of halogens is 1. The molecule has 150 valence electrons. The van der Waals surface area contributed by atoms with Gasteiger partial charge in [0.05, 0.1) is 5.69 Å². The molecular formula is C23H19ClN4OS. The molecule has 1 amide bonds. The molecule has 0 bridgehead atoms. The average molecular weight is 435 g/mol. The van der Waals surface area contributed by atoms with Crippen LogP contribution in [0.15, 0.2) is 60.2 Å². The first-order valence-electron chi connectivity index (χ1n) is 9.54. The molecule has 1 aliphatic heterocycles. The van der Waals surface area contributed by atoms with E-state index >= 15 is 0 Å². The summed E-state index contributed by atoms with van der Waals surface area (Å²) < 4.78 is 0. The number of nitrogens with one attached hydrogen (secondary N) is 1. The number of hydrogen-bond donors (Lipinski definition) is 1. The smallest absolute Gasteiger partial charge is 0.268 e. The van der Waals surface area contributed by atoms with Gasteiger partial charge in [-0.15, -0.1) is 11.3 Å². The fourth-order valence-corrected chi connectivity index (χ4v) is 4.40. The van der Waals surface area contributed by atoms with E-state index in [1.165, 1.54) is 21.8 Å². The summed E-state index contributed by atoms with van der Waals surface area (Å²) in [4.78, 5) is 20.7. The Morgan fingerprint density at radius 1 is 1.23 bits per heavy atom. The highest BCUT2D eigenvalue weighted by molar-refractivity contribution is 7.15. The zero-order valence-electron chi connectivity index (χ0n) is 16.1. The van der Waals surface area contributed by atoms with Crippen molar-refractivity contribution >= 4 is 40.1 Å². The number of anilines is 1. The molecule has 1 N–H and O–H groups in total. The molecule has 0 unspecified atom stereocenters. The molecule has 1 aromatic heterocycles. The second kappa shape index (κ2) is 9.23. The van der Waals surface area contributed by atoms with E-state index in [4.69, 9.17) is 11.6 Å². The summed E-state index contributed by atoms with van der Waals surface area (Å²) in [6.45, 7) is 2.58. The lowest BCUT2D eigenvalue weighted by molar-refractivity contribution is -0.112. The summed E-state index contributed by atoms with van der Waals surface area (Å²) in [5, 5.41) is 13.3. The van der Waals surface area contributed by atoms with Crippen LogP contribution in [0.4, 0.5) is 5.13 Å². The highest BCUT2D eigenvalue weighted by Crippen LogP contribution is 2.29. The number of carbonyl (C=O) groups is 1. The van der Waals surface area contributed by atoms with Gasteiger partial charge in [-0.1, -0.05) is 54.1 Å². The first-order valence-corrected chi connectivity index (χ1v) is 10.7. The second-order valence-corrected chi connectivity index (χ2v) is 8.53. The van der Waals surface area contributed by atoms with E-state index in [9.17, 15) is 10.1 Å². The van der Waals surface area contributed by atoms with Gasteiger partial charge < -0.3 is 0 Å². The Morgan fingerprint density at radius 3 is 2.73 bits per heavy atom. The molecule has 3 aromatic rings. The number of nitrogens with zero attached hydrogens (tertiary/aromatic N) is 3. The van der Waals surface area contributed by atoms with Crippen molar-refractivity contribution in [2.75, 3.05) is 11.9 Å². The molecule has 4 rings (SSSR count). The van der Waals surface area contributed by atoms with Gasteiger partial charge in [0.25, 0.3) is 5.91 Å². The largest absolute Gasteiger partial charge is 0.297 e. The molecule has 2 aromatic carbocycles. The number of thiazole rings is 1. The van der Waals surface area contributed by atoms with Crippen LogP contribution in [-0.4, -0.2) is 22.3 Å². The Kier molecular flexibility index (Phi) is 6.24. The van der Waals surface area contributed by atoms with Gasteiger partial charge in [-0.3, -0.25) is 15.0 Å². The summed E-state index contributed by atoms with van der Waals surface area (Å²) in [5.74, 6) is -0.459. The van der Waals surface area contributed by atoms with Gasteiger partial charge in [-0.05, 0) is 35.8 Å². The van der Waals surface area contributed by atoms with Crippen molar-refractivity contribution in [1.29, 1.82) is 5.26 Å². The van der Waals surface area contributed by atoms with Gasteiger partial charge in [-0.2, -0.15) is 5.26 Å². The van der Waals surface area contributed by atoms with Crippen molar-refractivity contribution in [3.63, 3.8) is 0 Å². The van der Waals surface area contributed by atoms with Crippen LogP contribution in [0, 0.1) is 11.3 Å². The lowest BCUT2D eigenvalue weighted by atomic mass is 10.1. The van der Waals surface area contributed by atoms with Crippen molar-refractivity contribution in [3.05, 3.63) is 86.9 Å². The molecule has 0 saturated heterocycles. The molecule has 30 heavy (non-hydrogen) atoms. The highest BCUT2D eigenvalue weighted by Gasteiger charge is 2.22. The molecule has 0 fully saturated rings. The maximum atomic E-state index is 12.6. The predicted molar refractivity (Wildman–Crippen MR) is 120 cm³/mol. The number of rotatable bonds is 5. The van der Waals surface area contributed by atoms with E-state index < -0.39 is 5.91 Å². The quantitative estimate of drug-likeness (QED) is 0.458. The Morgan fingerprint density at radius 2 is 2.00 bits per heavy atom. The Labute approximate surface area is 184 Å². The van der Waals surface area contributed by atoms with Crippen LogP contribution in [0.5, 0.6) is 0 Å². The van der Waals surface area contributed by atoms with Gasteiger partial charge in [0.15, 0.2) is 5.13 Å². The molecule has 7 heteroatoms. The third kappa shape index (κ3) is 4.95. The number of fused-ring (bicyclic) bond motifs is 1. The molecular weight excluding hydrogens is 416 g/mol. The second-order valence-electron chi connectivity index (χ2n) is 7.01. The minimum Gasteiger partial charge on any atom is -0.297 e. The van der Waals surface area contributed by atoms with Crippen LogP contribution in [0.1, 0.15) is 21.7 Å². The molecule has 0 aliphatic carbocycles. The minimum atomic E-state index is -0.459. The van der Waals surface area contributed by atoms with Gasteiger partial charge in [-0.25, -0.2) is 4.98 Å². The maximum Gasteiger partial charge on any atom is 0.268 e. The van der Waals surface area contributed by atoms with Crippen LogP contribution in [-0.2, 0) is 24.3 Å². The fourth-order valence-electron chi connectivity index (χ4n) is 3.32. The van der Waals surface area contributed by atoms with Crippen molar-refractivity contribution in [2.24, 2.45) is 0 Å². The lowest BCUT2D eigenvalue weighted by Gasteiger charge is -2.25. The summed E-state index contributed by atoms with van der Waals surface area (Å²) >= 11 is 7.37. The summed E-state index contributed by atoms with van der Waals surface area (Å²) in [6, 6.07) is 19.3. The van der Waals surface area contributed by atoms with Crippen LogP contribution in [0.3, 0.4) is 0 Å². The number of amides is 1. The normalized spacial score (nSPS) is 14.1. The van der Waals surface area contributed by atoms with Crippen molar-refractivity contribution in [2.45, 2.75) is 19.5 Å². The van der Waals surface area contributed by atoms with Gasteiger partial charge in [0.2, 0.25) is 0 Å². The average Bonchev–Trinajstić information content (AvgIpc) is 3.15. The summed E-state index contributed by atoms with van der Waals surface area (Å²) in [7, 11) is 0. The Hall–Kier alpha value is -2.98. The van der Waals surface area contributed by atoms with E-state index in [0.29, 0.717) is 10.2 Å². The van der Waals surface area contributed by atoms with Gasteiger partial charge in [0, 0.05) is 29.5 Å². The Balaban J connectivity index is 1.43. The molecule has 0 atom stereocenters. The predicted octanol–water partition coefficient (Wildman–Crippen LogP) is 4.90. The van der Waals surface area contributed by atoms with E-state index in [0.717, 1.165) is 37.3 Å². The number of aromatic nitrogens is 1. The molecule has 0 radical (unpaired) electrons. The van der Waals surface area contributed by atoms with E-state index in [1.54, 1.807) is 30.3 Å². The number of nitriles is 1. The van der Waals surface area contributed by atoms with Crippen LogP contribution >= 0.6 is 22.9 Å². The van der Waals surface area contributed by atoms with Crippen LogP contribution < -0.4 is 5.32 Å². The molecule has 2 heterocycles. The molecule has 5 nitrogen and oxygen atoms in total. The maximum absolute atomic E-state index is 12.6. The molecule has 0 saturated carbocycles. The zero-order valence-corrected chi connectivity index (χ0v) is 17.7. The monoisotopic (exact) mass is 434 g/mol. The summed E-state index contributed by atoms with van der Waals surface area (Å²) in [6.07, 6.45) is 2.45. The van der Waals surface area contributed by atoms with E-state index in [1.807, 2.05) is 24.3 Å². The van der Waals surface area contributed by atoms with Gasteiger partial charge in [0.1, 0.15) is 11.6 Å². The van der Waals surface area contributed by atoms with Crippen LogP contribution in [0.2, 0.25) is 5.02 Å². The first-order chi connectivity index (χ1) is 14.6. The third-order valence-corrected chi connectivity index (χ3v) is 6.15. The Bertz CT molecular complexity index is 1120. The lowest BCUT2D eigenvalue weighted by Crippen LogP contribution is -2.29. The summed E-state index contributed by atoms with van der Waals surface area (Å²) in [5.41, 5.74) is 3.03. The standard InChI is InChI=1S/C23H19ClN4OS/c24-19-8-6-16(7-9-19)12-18(13-25)22(29)27-23-26-20-15-28(11-10-21(20)30-23)14-17-4-2-1-3-5-17/h1-9,12H,10-11,14-15H2,(H,26,27,29)/b18-12-. The zero-order chi connectivity index (χ0) is 20.9. The van der Waals surface area contributed by atoms with Crippen molar-refractivity contribution in [3.8, 4) is 6.07 Å². The molecule has 0 spiro atoms. The fraction of sp³-hybridized carbons (Fsp3) is 0.174. The van der Waals surface area contributed by atoms with E-state index in [2.05, 4.69) is 27.3 Å². The van der Waals surface area contributed by atoms with Crippen molar-refractivity contribution in [1.82, 2.24) is 9.88 Å². The van der Waals surface area contributed by atoms with Crippen molar-refractivity contribution < 1.29 is 4.79 Å². The van der Waals surface area contributed by atoms with E-state index in [-0.39, 0.29) is 5.57 Å². The minimum absolute atomic E-state index is 0.0243.